The second-order valence-corrected chi connectivity index (χ2v) is 5.25. The Morgan fingerprint density at radius 2 is 1.70 bits per heavy atom. The number of benzene rings is 2. The lowest BCUT2D eigenvalue weighted by molar-refractivity contribution is 0.0995. The van der Waals surface area contributed by atoms with Gasteiger partial charge < -0.3 is 5.11 Å². The Morgan fingerprint density at radius 1 is 1.04 bits per heavy atom. The second-order valence-electron chi connectivity index (χ2n) is 5.25. The van der Waals surface area contributed by atoms with Crippen LogP contribution in [0.15, 0.2) is 65.7 Å². The Morgan fingerprint density at radius 3 is 2.39 bits per heavy atom. The number of para-hydroxylation sites is 2. The highest BCUT2D eigenvalue weighted by molar-refractivity contribution is 5.97. The molecule has 0 unspecified atom stereocenters. The molecule has 0 aliphatic carbocycles. The van der Waals surface area contributed by atoms with Gasteiger partial charge in [-0.15, -0.1) is 0 Å². The Balaban J connectivity index is 2.16. The number of hydrogen-bond acceptors (Lipinski definition) is 2. The molecule has 0 radical (unpaired) electrons. The first kappa shape index (κ1) is 14.8. The lowest BCUT2D eigenvalue weighted by Crippen LogP contribution is -2.22. The van der Waals surface area contributed by atoms with Gasteiger partial charge in [-0.05, 0) is 31.2 Å². The summed E-state index contributed by atoms with van der Waals surface area (Å²) in [5.41, 5.74) is 2.59. The SMILES string of the molecule is Cc1cc(=NC(=O)c2ccccc2O)n(-c2ccccc2)n1C. The van der Waals surface area contributed by atoms with Crippen molar-refractivity contribution in [2.24, 2.45) is 12.0 Å². The van der Waals surface area contributed by atoms with Gasteiger partial charge in [-0.3, -0.25) is 9.48 Å². The van der Waals surface area contributed by atoms with Crippen molar-refractivity contribution in [3.63, 3.8) is 0 Å². The molecular weight excluding hydrogens is 290 g/mol. The van der Waals surface area contributed by atoms with E-state index in [1.54, 1.807) is 18.2 Å². The molecule has 0 saturated carbocycles. The normalized spacial score (nSPS) is 11.7. The van der Waals surface area contributed by atoms with Crippen molar-refractivity contribution < 1.29 is 9.90 Å². The quantitative estimate of drug-likeness (QED) is 0.791. The molecular formula is C18H17N3O2. The minimum atomic E-state index is -0.474. The van der Waals surface area contributed by atoms with E-state index in [0.29, 0.717) is 5.49 Å². The van der Waals surface area contributed by atoms with Crippen LogP contribution in [0, 0.1) is 6.92 Å². The summed E-state index contributed by atoms with van der Waals surface area (Å²) in [7, 11) is 1.91. The first-order valence-electron chi connectivity index (χ1n) is 7.26. The maximum absolute atomic E-state index is 12.4. The van der Waals surface area contributed by atoms with Gasteiger partial charge in [0, 0.05) is 18.8 Å². The van der Waals surface area contributed by atoms with Gasteiger partial charge in [0.05, 0.1) is 11.3 Å². The van der Waals surface area contributed by atoms with Gasteiger partial charge in [0.2, 0.25) is 0 Å². The molecule has 0 spiro atoms. The van der Waals surface area contributed by atoms with Crippen molar-refractivity contribution in [3.8, 4) is 11.4 Å². The summed E-state index contributed by atoms with van der Waals surface area (Å²) in [5.74, 6) is -0.543. The molecule has 23 heavy (non-hydrogen) atoms. The zero-order valence-electron chi connectivity index (χ0n) is 13.0. The third kappa shape index (κ3) is 2.81. The molecule has 0 aliphatic rings. The van der Waals surface area contributed by atoms with E-state index < -0.39 is 5.91 Å². The monoisotopic (exact) mass is 307 g/mol. The molecule has 0 saturated heterocycles. The van der Waals surface area contributed by atoms with E-state index in [1.807, 2.05) is 59.7 Å². The summed E-state index contributed by atoms with van der Waals surface area (Å²) in [4.78, 5) is 16.6. The van der Waals surface area contributed by atoms with Crippen LogP contribution in [0.2, 0.25) is 0 Å². The largest absolute Gasteiger partial charge is 0.507 e. The summed E-state index contributed by atoms with van der Waals surface area (Å²) < 4.78 is 3.78. The summed E-state index contributed by atoms with van der Waals surface area (Å²) in [6, 6.07) is 17.9. The zero-order valence-corrected chi connectivity index (χ0v) is 13.0. The molecule has 1 aromatic heterocycles. The first-order valence-corrected chi connectivity index (χ1v) is 7.26. The van der Waals surface area contributed by atoms with Gasteiger partial charge in [0.25, 0.3) is 5.91 Å². The van der Waals surface area contributed by atoms with E-state index in [9.17, 15) is 9.90 Å². The summed E-state index contributed by atoms with van der Waals surface area (Å²) in [6.45, 7) is 1.95. The summed E-state index contributed by atoms with van der Waals surface area (Å²) >= 11 is 0. The van der Waals surface area contributed by atoms with Crippen LogP contribution in [-0.2, 0) is 7.05 Å². The van der Waals surface area contributed by atoms with Crippen LogP contribution in [0.5, 0.6) is 5.75 Å². The molecule has 0 bridgehead atoms. The lowest BCUT2D eigenvalue weighted by atomic mass is 10.2. The summed E-state index contributed by atoms with van der Waals surface area (Å²) in [5, 5.41) is 9.81. The third-order valence-corrected chi connectivity index (χ3v) is 3.72. The van der Waals surface area contributed by atoms with E-state index >= 15 is 0 Å². The number of aryl methyl sites for hydroxylation is 1. The van der Waals surface area contributed by atoms with Gasteiger partial charge in [-0.2, -0.15) is 4.99 Å². The predicted octanol–water partition coefficient (Wildman–Crippen LogP) is 2.57. The molecule has 0 atom stereocenters. The second kappa shape index (κ2) is 5.96. The molecule has 1 amide bonds. The Hall–Kier alpha value is -3.08. The maximum Gasteiger partial charge on any atom is 0.282 e. The molecule has 5 nitrogen and oxygen atoms in total. The van der Waals surface area contributed by atoms with Crippen LogP contribution in [0.3, 0.4) is 0 Å². The average Bonchev–Trinajstić information content (AvgIpc) is 2.83. The molecule has 116 valence electrons. The fraction of sp³-hybridized carbons (Fsp3) is 0.111. The number of nitrogens with zero attached hydrogens (tertiary/aromatic N) is 3. The highest BCUT2D eigenvalue weighted by Gasteiger charge is 2.11. The van der Waals surface area contributed by atoms with Crippen molar-refractivity contribution in [2.75, 3.05) is 0 Å². The van der Waals surface area contributed by atoms with E-state index in [1.165, 1.54) is 6.07 Å². The Kier molecular flexibility index (Phi) is 3.85. The molecule has 3 aromatic rings. The van der Waals surface area contributed by atoms with Gasteiger partial charge in [0.1, 0.15) is 5.75 Å². The number of rotatable bonds is 2. The van der Waals surface area contributed by atoms with Crippen molar-refractivity contribution >= 4 is 5.91 Å². The molecule has 5 heteroatoms. The molecule has 1 N–H and O–H groups in total. The number of aromatic nitrogens is 2. The van der Waals surface area contributed by atoms with Gasteiger partial charge >= 0.3 is 0 Å². The van der Waals surface area contributed by atoms with Crippen LogP contribution in [-0.4, -0.2) is 20.4 Å². The van der Waals surface area contributed by atoms with E-state index in [4.69, 9.17) is 0 Å². The molecule has 0 fully saturated rings. The fourth-order valence-electron chi connectivity index (χ4n) is 2.43. The highest BCUT2D eigenvalue weighted by atomic mass is 16.3. The van der Waals surface area contributed by atoms with Crippen LogP contribution in [0.25, 0.3) is 5.69 Å². The lowest BCUT2D eigenvalue weighted by Gasteiger charge is -2.09. The minimum Gasteiger partial charge on any atom is -0.507 e. The van der Waals surface area contributed by atoms with Gasteiger partial charge in [-0.25, -0.2) is 4.68 Å². The average molecular weight is 307 g/mol. The number of carbonyl (C=O) groups excluding carboxylic acids is 1. The fourth-order valence-corrected chi connectivity index (χ4v) is 2.43. The van der Waals surface area contributed by atoms with Gasteiger partial charge in [-0.1, -0.05) is 30.3 Å². The van der Waals surface area contributed by atoms with E-state index in [-0.39, 0.29) is 11.3 Å². The van der Waals surface area contributed by atoms with Crippen molar-refractivity contribution in [2.45, 2.75) is 6.92 Å². The Bertz CT molecular complexity index is 921. The predicted molar refractivity (Wildman–Crippen MR) is 87.5 cm³/mol. The van der Waals surface area contributed by atoms with Crippen molar-refractivity contribution in [1.82, 2.24) is 9.36 Å². The van der Waals surface area contributed by atoms with E-state index in [2.05, 4.69) is 4.99 Å². The van der Waals surface area contributed by atoms with Gasteiger partial charge in [0.15, 0.2) is 5.49 Å². The number of aromatic hydroxyl groups is 1. The topological polar surface area (TPSA) is 59.5 Å². The van der Waals surface area contributed by atoms with Crippen molar-refractivity contribution in [1.29, 1.82) is 0 Å². The highest BCUT2D eigenvalue weighted by Crippen LogP contribution is 2.16. The molecule has 0 aliphatic heterocycles. The van der Waals surface area contributed by atoms with E-state index in [0.717, 1.165) is 11.4 Å². The number of phenolic OH excluding ortho intramolecular Hbond substituents is 1. The molecule has 3 rings (SSSR count). The van der Waals surface area contributed by atoms with Crippen LogP contribution < -0.4 is 5.49 Å². The first-order chi connectivity index (χ1) is 11.1. The third-order valence-electron chi connectivity index (χ3n) is 3.72. The van der Waals surface area contributed by atoms with Crippen molar-refractivity contribution in [3.05, 3.63) is 77.4 Å². The minimum absolute atomic E-state index is 0.0693. The number of phenols is 1. The Labute approximate surface area is 133 Å². The smallest absolute Gasteiger partial charge is 0.282 e. The number of carbonyl (C=O) groups is 1. The van der Waals surface area contributed by atoms with Crippen LogP contribution in [0.4, 0.5) is 0 Å². The number of hydrogen-bond donors (Lipinski definition) is 1. The maximum atomic E-state index is 12.4. The van der Waals surface area contributed by atoms with Crippen LogP contribution in [0.1, 0.15) is 16.1 Å². The zero-order chi connectivity index (χ0) is 16.4. The molecule has 1 heterocycles. The standard InChI is InChI=1S/C18H17N3O2/c1-13-12-17(19-18(23)15-10-6-7-11-16(15)22)21(20(13)2)14-8-4-3-5-9-14/h3-12,22H,1-2H3. The number of amides is 1. The molecule has 2 aromatic carbocycles. The van der Waals surface area contributed by atoms with Crippen LogP contribution >= 0.6 is 0 Å². The summed E-state index contributed by atoms with van der Waals surface area (Å²) in [6.07, 6.45) is 0.